The molecule has 162 valence electrons. The molecule has 2 aromatic carbocycles. The Morgan fingerprint density at radius 3 is 2.66 bits per heavy atom. The van der Waals surface area contributed by atoms with E-state index in [1.807, 2.05) is 30.3 Å². The summed E-state index contributed by atoms with van der Waals surface area (Å²) in [6, 6.07) is 18.4. The van der Waals surface area contributed by atoms with Crippen molar-refractivity contribution in [2.75, 3.05) is 11.4 Å². The summed E-state index contributed by atoms with van der Waals surface area (Å²) in [7, 11) is 0. The molecular formula is C27H26N2O2S. The number of aliphatic carboxylic acids is 1. The summed E-state index contributed by atoms with van der Waals surface area (Å²) in [5.74, 6) is -1.09. The maximum Gasteiger partial charge on any atom is 0.213 e. The van der Waals surface area contributed by atoms with E-state index < -0.39 is 5.97 Å². The summed E-state index contributed by atoms with van der Waals surface area (Å²) in [6.07, 6.45) is 11.4. The molecule has 0 saturated heterocycles. The van der Waals surface area contributed by atoms with Crippen molar-refractivity contribution in [3.63, 3.8) is 0 Å². The Kier molecular flexibility index (Phi) is 6.76. The zero-order valence-corrected chi connectivity index (χ0v) is 19.1. The number of aryl methyl sites for hydroxylation is 1. The largest absolute Gasteiger partial charge is 0.548 e. The van der Waals surface area contributed by atoms with Gasteiger partial charge in [-0.15, -0.1) is 0 Å². The van der Waals surface area contributed by atoms with E-state index in [2.05, 4.69) is 73.2 Å². The lowest BCUT2D eigenvalue weighted by Crippen LogP contribution is -2.36. The molecule has 2 heterocycles. The molecular weight excluding hydrogens is 416 g/mol. The lowest BCUT2D eigenvalue weighted by atomic mass is 10.1. The van der Waals surface area contributed by atoms with Crippen LogP contribution in [0.5, 0.6) is 0 Å². The predicted octanol–water partition coefficient (Wildman–Crippen LogP) is 4.70. The molecule has 3 aromatic rings. The molecule has 4 rings (SSSR count). The van der Waals surface area contributed by atoms with Crippen LogP contribution in [0, 0.1) is 0 Å². The molecule has 0 fully saturated rings. The van der Waals surface area contributed by atoms with Crippen LogP contribution < -0.4 is 14.6 Å². The molecule has 32 heavy (non-hydrogen) atoms. The highest BCUT2D eigenvalue weighted by Gasteiger charge is 2.24. The zero-order chi connectivity index (χ0) is 22.5. The molecule has 4 nitrogen and oxygen atoms in total. The van der Waals surface area contributed by atoms with E-state index in [4.69, 9.17) is 0 Å². The van der Waals surface area contributed by atoms with Crippen molar-refractivity contribution in [2.45, 2.75) is 31.7 Å². The summed E-state index contributed by atoms with van der Waals surface area (Å²) in [6.45, 7) is 5.05. The number of para-hydroxylation sites is 2. The van der Waals surface area contributed by atoms with Crippen LogP contribution in [-0.2, 0) is 11.3 Å². The molecule has 0 atom stereocenters. The van der Waals surface area contributed by atoms with E-state index in [-0.39, 0.29) is 6.54 Å². The molecule has 5 heteroatoms. The minimum Gasteiger partial charge on any atom is -0.548 e. The molecule has 0 aliphatic carbocycles. The zero-order valence-electron chi connectivity index (χ0n) is 18.3. The molecule has 1 aliphatic heterocycles. The number of thioether (sulfide) groups is 1. The average molecular weight is 443 g/mol. The van der Waals surface area contributed by atoms with Crippen LogP contribution in [0.1, 0.15) is 25.8 Å². The number of fused-ring (bicyclic) bond motifs is 2. The SMILES string of the molecule is CCC(/C=C/c1cc[n+](CC)c2ccccc12)=C\C=C1\Sc2ccccc2N1CC(=O)[O-]. The number of carboxylic acid groups (broad SMARTS) is 1. The highest BCUT2D eigenvalue weighted by Crippen LogP contribution is 2.45. The first-order chi connectivity index (χ1) is 15.6. The van der Waals surface area contributed by atoms with Crippen LogP contribution in [0.15, 0.2) is 94.5 Å². The lowest BCUT2D eigenvalue weighted by molar-refractivity contribution is -0.667. The Morgan fingerprint density at radius 2 is 1.88 bits per heavy atom. The van der Waals surface area contributed by atoms with Gasteiger partial charge < -0.3 is 14.8 Å². The second-order valence-corrected chi connectivity index (χ2v) is 8.60. The lowest BCUT2D eigenvalue weighted by Gasteiger charge is -2.20. The van der Waals surface area contributed by atoms with Crippen LogP contribution >= 0.6 is 11.8 Å². The molecule has 0 saturated carbocycles. The number of nitrogens with zero attached hydrogens (tertiary/aromatic N) is 2. The monoisotopic (exact) mass is 442 g/mol. The van der Waals surface area contributed by atoms with Gasteiger partial charge in [-0.2, -0.15) is 4.57 Å². The van der Waals surface area contributed by atoms with Crippen molar-refractivity contribution in [1.29, 1.82) is 0 Å². The Bertz CT molecular complexity index is 1240. The highest BCUT2D eigenvalue weighted by molar-refractivity contribution is 8.03. The number of hydrogen-bond donors (Lipinski definition) is 0. The number of aromatic nitrogens is 1. The van der Waals surface area contributed by atoms with Crippen molar-refractivity contribution >= 4 is 40.4 Å². The van der Waals surface area contributed by atoms with E-state index in [9.17, 15) is 9.90 Å². The molecule has 0 radical (unpaired) electrons. The minimum absolute atomic E-state index is 0.158. The smallest absolute Gasteiger partial charge is 0.213 e. The van der Waals surface area contributed by atoms with Gasteiger partial charge in [0.05, 0.1) is 28.6 Å². The Hall–Kier alpha value is -3.31. The maximum absolute atomic E-state index is 11.3. The second kappa shape index (κ2) is 9.88. The summed E-state index contributed by atoms with van der Waals surface area (Å²) in [4.78, 5) is 14.2. The molecule has 0 unspecified atom stereocenters. The number of hydrogen-bond acceptors (Lipinski definition) is 4. The van der Waals surface area contributed by atoms with Gasteiger partial charge in [0.15, 0.2) is 6.20 Å². The summed E-state index contributed by atoms with van der Waals surface area (Å²) in [5.41, 5.74) is 4.48. The van der Waals surface area contributed by atoms with Gasteiger partial charge in [0.1, 0.15) is 6.54 Å². The van der Waals surface area contributed by atoms with Crippen LogP contribution in [0.3, 0.4) is 0 Å². The molecule has 1 aliphatic rings. The number of carbonyl (C=O) groups is 1. The van der Waals surface area contributed by atoms with Gasteiger partial charge in [-0.05, 0) is 48.8 Å². The van der Waals surface area contributed by atoms with Gasteiger partial charge in [0.2, 0.25) is 5.52 Å². The first-order valence-electron chi connectivity index (χ1n) is 10.8. The molecule has 0 spiro atoms. The number of benzene rings is 2. The van der Waals surface area contributed by atoms with Crippen molar-refractivity contribution in [3.05, 3.63) is 95.2 Å². The topological polar surface area (TPSA) is 47.2 Å². The number of anilines is 1. The van der Waals surface area contributed by atoms with Crippen molar-refractivity contribution in [2.24, 2.45) is 0 Å². The number of allylic oxidation sites excluding steroid dienone is 4. The van der Waals surface area contributed by atoms with Crippen molar-refractivity contribution in [3.8, 4) is 0 Å². The Balaban J connectivity index is 1.63. The first-order valence-corrected chi connectivity index (χ1v) is 11.7. The first kappa shape index (κ1) is 21.9. The Labute approximate surface area is 193 Å². The summed E-state index contributed by atoms with van der Waals surface area (Å²) >= 11 is 1.58. The minimum atomic E-state index is -1.09. The van der Waals surface area contributed by atoms with Crippen LogP contribution in [-0.4, -0.2) is 12.5 Å². The predicted molar refractivity (Wildman–Crippen MR) is 130 cm³/mol. The van der Waals surface area contributed by atoms with Crippen molar-refractivity contribution < 1.29 is 14.5 Å². The number of rotatable bonds is 7. The standard InChI is InChI=1S/C27H26N2O2S/c1-3-20(13-15-21-17-18-28(4-2)23-10-6-5-9-22(21)23)14-16-26-29(19-27(30)31)24-11-7-8-12-25(24)32-26/h5-18H,3-4,19H2,1-2H3. The second-order valence-electron chi connectivity index (χ2n) is 7.54. The summed E-state index contributed by atoms with van der Waals surface area (Å²) in [5, 5.41) is 13.4. The van der Waals surface area contributed by atoms with Crippen LogP contribution in [0.4, 0.5) is 5.69 Å². The van der Waals surface area contributed by atoms with Gasteiger partial charge in [-0.25, -0.2) is 0 Å². The van der Waals surface area contributed by atoms with Gasteiger partial charge in [-0.3, -0.25) is 0 Å². The van der Waals surface area contributed by atoms with Gasteiger partial charge in [0, 0.05) is 17.0 Å². The van der Waals surface area contributed by atoms with Gasteiger partial charge >= 0.3 is 0 Å². The van der Waals surface area contributed by atoms with Crippen LogP contribution in [0.25, 0.3) is 17.0 Å². The van der Waals surface area contributed by atoms with Crippen LogP contribution in [0.2, 0.25) is 0 Å². The number of pyridine rings is 1. The van der Waals surface area contributed by atoms with Crippen molar-refractivity contribution in [1.82, 2.24) is 0 Å². The fourth-order valence-electron chi connectivity index (χ4n) is 3.87. The maximum atomic E-state index is 11.3. The average Bonchev–Trinajstić information content (AvgIpc) is 3.15. The third-order valence-corrected chi connectivity index (χ3v) is 6.68. The number of carbonyl (C=O) groups excluding carboxylic acids is 1. The van der Waals surface area contributed by atoms with Gasteiger partial charge in [0.25, 0.3) is 0 Å². The quantitative estimate of drug-likeness (QED) is 0.393. The normalized spacial score (nSPS) is 15.1. The van der Waals surface area contributed by atoms with E-state index in [0.29, 0.717) is 0 Å². The third kappa shape index (κ3) is 4.63. The molecule has 1 aromatic heterocycles. The number of carboxylic acids is 1. The summed E-state index contributed by atoms with van der Waals surface area (Å²) < 4.78 is 2.24. The Morgan fingerprint density at radius 1 is 1.09 bits per heavy atom. The van der Waals surface area contributed by atoms with E-state index in [1.165, 1.54) is 22.0 Å². The molecule has 0 N–H and O–H groups in total. The highest BCUT2D eigenvalue weighted by atomic mass is 32.2. The fourth-order valence-corrected chi connectivity index (χ4v) is 4.93. The van der Waals surface area contributed by atoms with E-state index in [0.717, 1.165) is 28.6 Å². The van der Waals surface area contributed by atoms with Gasteiger partial charge in [-0.1, -0.05) is 61.2 Å². The van der Waals surface area contributed by atoms with E-state index in [1.54, 1.807) is 16.7 Å². The molecule has 0 bridgehead atoms. The third-order valence-electron chi connectivity index (χ3n) is 5.55. The molecule has 0 amide bonds. The van der Waals surface area contributed by atoms with E-state index >= 15 is 0 Å². The fraction of sp³-hybridized carbons (Fsp3) is 0.185.